The molecule has 2 aliphatic heterocycles. The number of nitrogens with zero attached hydrogens (tertiary/aromatic N) is 7. The minimum atomic E-state index is -1.30. The number of ether oxygens (including phenoxy) is 2. The summed E-state index contributed by atoms with van der Waals surface area (Å²) in [6, 6.07) is 16.9. The number of amides is 3. The molecule has 2 aliphatic carbocycles. The molecule has 0 radical (unpaired) electrons. The number of carboxylic acids is 1. The Morgan fingerprint density at radius 2 is 1.62 bits per heavy atom. The lowest BCUT2D eigenvalue weighted by atomic mass is 9.81. The number of nitrogen functional groups attached to an aromatic ring is 1. The van der Waals surface area contributed by atoms with Gasteiger partial charge < -0.3 is 40.4 Å². The summed E-state index contributed by atoms with van der Waals surface area (Å²) in [5.74, 6) is 1.39. The summed E-state index contributed by atoms with van der Waals surface area (Å²) in [4.78, 5) is 64.9. The molecule has 1 atom stereocenters. The standard InChI is InChI=1S/C54H66N10O7S/c1-2-3-12-46-59-48-49(64(46)30-34-21-25-70-26-22-34)50-44(57-51(48)55)27-45(72-50)35-19-23-62(24-20-35)52(66)36-15-13-33(14-16-36)29-63-31-37(60-61-63)28-56-47(65)18-17-43(53(67)68)58-54(69)71-32-42-40-10-6-4-8-38(40)39-9-5-7-11-41(39)42/h4-11,27,31,33-36,42-43H,2-3,12-26,28-30,32H2,1H3,(H2,55,57)(H,56,65)(H,58,69)(H,67,68)/t33?,36?,43-/m0/s1. The highest BCUT2D eigenvalue weighted by molar-refractivity contribution is 7.20. The topological polar surface area (TPSA) is 222 Å². The van der Waals surface area contributed by atoms with Crippen molar-refractivity contribution in [3.8, 4) is 11.1 Å². The number of nitrogens with one attached hydrogen (secondary N) is 2. The van der Waals surface area contributed by atoms with Gasteiger partial charge in [-0.05, 0) is 110 Å². The van der Waals surface area contributed by atoms with Crippen molar-refractivity contribution >= 4 is 62.3 Å². The van der Waals surface area contributed by atoms with Gasteiger partial charge in [0.15, 0.2) is 5.82 Å². The quantitative estimate of drug-likeness (QED) is 0.0640. The van der Waals surface area contributed by atoms with Crippen LogP contribution in [0.2, 0.25) is 0 Å². The maximum Gasteiger partial charge on any atom is 0.407 e. The fourth-order valence-electron chi connectivity index (χ4n) is 11.5. The zero-order chi connectivity index (χ0) is 49.7. The van der Waals surface area contributed by atoms with Gasteiger partial charge >= 0.3 is 12.1 Å². The Hall–Kier alpha value is -6.40. The number of pyridine rings is 1. The van der Waals surface area contributed by atoms with Gasteiger partial charge in [0.1, 0.15) is 29.7 Å². The molecule has 72 heavy (non-hydrogen) atoms. The highest BCUT2D eigenvalue weighted by Gasteiger charge is 2.34. The van der Waals surface area contributed by atoms with Crippen LogP contribution in [0.3, 0.4) is 0 Å². The second-order valence-corrected chi connectivity index (χ2v) is 21.4. The van der Waals surface area contributed by atoms with Gasteiger partial charge in [0, 0.05) is 68.9 Å². The molecule has 0 unspecified atom stereocenters. The molecule has 0 bridgehead atoms. The predicted octanol–water partition coefficient (Wildman–Crippen LogP) is 8.19. The third kappa shape index (κ3) is 10.8. The second-order valence-electron chi connectivity index (χ2n) is 20.3. The Morgan fingerprint density at radius 3 is 2.33 bits per heavy atom. The Bertz CT molecular complexity index is 2860. The molecule has 18 heteroatoms. The number of benzene rings is 2. The summed E-state index contributed by atoms with van der Waals surface area (Å²) in [7, 11) is 0. The number of carbonyl (C=O) groups is 4. The Morgan fingerprint density at radius 1 is 0.917 bits per heavy atom. The van der Waals surface area contributed by atoms with Crippen molar-refractivity contribution < 1.29 is 33.8 Å². The van der Waals surface area contributed by atoms with Crippen LogP contribution in [0.15, 0.2) is 60.8 Å². The SMILES string of the molecule is CCCCc1nc2c(N)nc3cc(C4CCN(C(=O)C5CCC(Cn6cc(CNC(=O)CC[C@H](NC(=O)OCC7c8ccccc8-c8ccccc87)C(=O)O)nn6)CC5)CC4)sc3c2n1CC1CCOCC1. The number of anilines is 1. The van der Waals surface area contributed by atoms with Gasteiger partial charge in [-0.3, -0.25) is 14.3 Å². The molecular formula is C54H66N10O7S. The molecule has 6 aromatic rings. The van der Waals surface area contributed by atoms with Crippen molar-refractivity contribution in [3.05, 3.63) is 88.3 Å². The number of nitrogens with two attached hydrogens (primary N) is 1. The average Bonchev–Trinajstić information content (AvgIpc) is 4.20. The lowest BCUT2D eigenvalue weighted by Crippen LogP contribution is -2.42. The molecule has 10 rings (SSSR count). The largest absolute Gasteiger partial charge is 0.480 e. The van der Waals surface area contributed by atoms with E-state index in [1.807, 2.05) is 66.1 Å². The molecular weight excluding hydrogens is 933 g/mol. The maximum atomic E-state index is 13.9. The number of aliphatic carboxylic acids is 1. The van der Waals surface area contributed by atoms with E-state index in [4.69, 9.17) is 25.2 Å². The van der Waals surface area contributed by atoms with Gasteiger partial charge in [0.25, 0.3) is 0 Å². The number of hydrogen-bond acceptors (Lipinski definition) is 12. The number of thiophene rings is 1. The predicted molar refractivity (Wildman–Crippen MR) is 274 cm³/mol. The number of carbonyl (C=O) groups excluding carboxylic acids is 3. The number of rotatable bonds is 18. The summed E-state index contributed by atoms with van der Waals surface area (Å²) >= 11 is 1.84. The van der Waals surface area contributed by atoms with Crippen molar-refractivity contribution in [2.45, 2.75) is 128 Å². The van der Waals surface area contributed by atoms with Crippen molar-refractivity contribution in [3.63, 3.8) is 0 Å². The number of aryl methyl sites for hydroxylation is 1. The van der Waals surface area contributed by atoms with Crippen molar-refractivity contribution in [2.75, 3.05) is 38.6 Å². The summed E-state index contributed by atoms with van der Waals surface area (Å²) in [5.41, 5.74) is 14.4. The number of carboxylic acid groups (broad SMARTS) is 1. The summed E-state index contributed by atoms with van der Waals surface area (Å²) < 4.78 is 16.6. The lowest BCUT2D eigenvalue weighted by Gasteiger charge is -2.36. The monoisotopic (exact) mass is 998 g/mol. The Balaban J connectivity index is 0.652. The molecule has 380 valence electrons. The van der Waals surface area contributed by atoms with Crippen molar-refractivity contribution in [1.82, 2.24) is 45.1 Å². The van der Waals surface area contributed by atoms with Gasteiger partial charge in [-0.25, -0.2) is 19.6 Å². The van der Waals surface area contributed by atoms with Crippen molar-refractivity contribution in [2.24, 2.45) is 17.8 Å². The van der Waals surface area contributed by atoms with Crippen molar-refractivity contribution in [1.29, 1.82) is 0 Å². The van der Waals surface area contributed by atoms with E-state index in [-0.39, 0.29) is 49.6 Å². The number of fused-ring (bicyclic) bond motifs is 6. The van der Waals surface area contributed by atoms with Gasteiger partial charge in [-0.1, -0.05) is 67.1 Å². The second kappa shape index (κ2) is 22.2. The van der Waals surface area contributed by atoms with E-state index in [9.17, 15) is 24.3 Å². The molecule has 5 N–H and O–H groups in total. The van der Waals surface area contributed by atoms with Crippen LogP contribution in [0.25, 0.3) is 32.4 Å². The van der Waals surface area contributed by atoms with E-state index in [2.05, 4.69) is 43.4 Å². The Labute approximate surface area is 423 Å². The van der Waals surface area contributed by atoms with Crippen LogP contribution in [0, 0.1) is 17.8 Å². The van der Waals surface area contributed by atoms with Crippen LogP contribution >= 0.6 is 11.3 Å². The van der Waals surface area contributed by atoms with Crippen LogP contribution in [-0.2, 0) is 49.9 Å². The third-order valence-corrected chi connectivity index (χ3v) is 16.8. The van der Waals surface area contributed by atoms with Crippen LogP contribution in [0.4, 0.5) is 10.6 Å². The van der Waals surface area contributed by atoms with Crippen LogP contribution in [0.1, 0.15) is 123 Å². The fraction of sp³-hybridized carbons (Fsp3) is 0.519. The molecule has 6 heterocycles. The number of piperidine rings is 1. The average molecular weight is 999 g/mol. The lowest BCUT2D eigenvalue weighted by molar-refractivity contribution is -0.140. The molecule has 17 nitrogen and oxygen atoms in total. The molecule has 1 saturated carbocycles. The van der Waals surface area contributed by atoms with E-state index in [1.54, 1.807) is 4.68 Å². The van der Waals surface area contributed by atoms with Crippen LogP contribution in [0.5, 0.6) is 0 Å². The van der Waals surface area contributed by atoms with Gasteiger partial charge in [0.2, 0.25) is 11.8 Å². The zero-order valence-corrected chi connectivity index (χ0v) is 41.9. The number of aromatic nitrogens is 6. The molecule has 3 amide bonds. The number of likely N-dealkylation sites (tertiary alicyclic amines) is 1. The highest BCUT2D eigenvalue weighted by Crippen LogP contribution is 2.45. The smallest absolute Gasteiger partial charge is 0.407 e. The first kappa shape index (κ1) is 49.2. The molecule has 4 aromatic heterocycles. The summed E-state index contributed by atoms with van der Waals surface area (Å²) in [6.45, 7) is 7.12. The van der Waals surface area contributed by atoms with E-state index >= 15 is 0 Å². The first-order valence-corrected chi connectivity index (χ1v) is 26.9. The minimum Gasteiger partial charge on any atom is -0.480 e. The van der Waals surface area contributed by atoms with E-state index in [0.717, 1.165) is 148 Å². The molecule has 3 fully saturated rings. The number of hydrogen-bond donors (Lipinski definition) is 4. The zero-order valence-electron chi connectivity index (χ0n) is 41.1. The maximum absolute atomic E-state index is 13.9. The van der Waals surface area contributed by atoms with Crippen LogP contribution < -0.4 is 16.4 Å². The first-order valence-electron chi connectivity index (χ1n) is 26.0. The normalized spacial score (nSPS) is 19.0. The Kier molecular flexibility index (Phi) is 15.1. The number of alkyl carbamates (subject to hydrolysis) is 1. The fourth-order valence-corrected chi connectivity index (χ4v) is 12.8. The molecule has 2 aromatic carbocycles. The van der Waals surface area contributed by atoms with Gasteiger partial charge in [0.05, 0.1) is 28.5 Å². The minimum absolute atomic E-state index is 0.0249. The van der Waals surface area contributed by atoms with Crippen LogP contribution in [-0.4, -0.2) is 102 Å². The molecule has 0 spiro atoms. The summed E-state index contributed by atoms with van der Waals surface area (Å²) in [5, 5.41) is 23.6. The van der Waals surface area contributed by atoms with E-state index < -0.39 is 18.1 Å². The highest BCUT2D eigenvalue weighted by atomic mass is 32.1. The number of unbranched alkanes of at least 4 members (excludes halogenated alkanes) is 1. The third-order valence-electron chi connectivity index (χ3n) is 15.5. The molecule has 2 saturated heterocycles. The number of imidazole rings is 1. The van der Waals surface area contributed by atoms with E-state index in [1.165, 1.54) is 9.58 Å². The molecule has 4 aliphatic rings. The van der Waals surface area contributed by atoms with E-state index in [0.29, 0.717) is 35.8 Å². The first-order chi connectivity index (χ1) is 35.1. The summed E-state index contributed by atoms with van der Waals surface area (Å²) in [6.07, 6.45) is 11.3. The van der Waals surface area contributed by atoms with Gasteiger partial charge in [-0.15, -0.1) is 16.4 Å². The van der Waals surface area contributed by atoms with Gasteiger partial charge in [-0.2, -0.15) is 0 Å².